The molecule has 2 rings (SSSR count). The highest BCUT2D eigenvalue weighted by molar-refractivity contribution is 5.92. The van der Waals surface area contributed by atoms with Crippen LogP contribution in [-0.2, 0) is 6.42 Å². The van der Waals surface area contributed by atoms with Crippen molar-refractivity contribution in [3.63, 3.8) is 0 Å². The quantitative estimate of drug-likeness (QED) is 0.633. The molecule has 0 amide bonds. The van der Waals surface area contributed by atoms with Crippen LogP contribution < -0.4 is 0 Å². The van der Waals surface area contributed by atoms with Crippen LogP contribution in [0, 0.1) is 0 Å². The number of rotatable bonds is 3. The van der Waals surface area contributed by atoms with Crippen LogP contribution in [-0.4, -0.2) is 26.4 Å². The smallest absolute Gasteiger partial charge is 0.339 e. The van der Waals surface area contributed by atoms with Crippen molar-refractivity contribution in [3.8, 4) is 17.2 Å². The van der Waals surface area contributed by atoms with Gasteiger partial charge in [-0.15, -0.1) is 0 Å². The molecule has 2 aromatic rings. The van der Waals surface area contributed by atoms with Crippen molar-refractivity contribution in [1.29, 1.82) is 0 Å². The maximum absolute atomic E-state index is 10.9. The highest BCUT2D eigenvalue weighted by Crippen LogP contribution is 2.31. The summed E-state index contributed by atoms with van der Waals surface area (Å²) < 4.78 is 0. The normalized spacial score (nSPS) is 10.3. The highest BCUT2D eigenvalue weighted by atomic mass is 16.4. The van der Waals surface area contributed by atoms with E-state index in [4.69, 9.17) is 5.11 Å². The summed E-state index contributed by atoms with van der Waals surface area (Å²) in [6.45, 7) is 0. The molecule has 2 aromatic carbocycles. The third-order valence-electron chi connectivity index (χ3n) is 2.78. The Labute approximate surface area is 109 Å². The van der Waals surface area contributed by atoms with E-state index >= 15 is 0 Å². The molecule has 0 unspecified atom stereocenters. The molecule has 0 fully saturated rings. The molecule has 0 spiro atoms. The van der Waals surface area contributed by atoms with Crippen LogP contribution in [0.4, 0.5) is 0 Å². The van der Waals surface area contributed by atoms with Gasteiger partial charge in [-0.05, 0) is 23.8 Å². The van der Waals surface area contributed by atoms with E-state index in [2.05, 4.69) is 0 Å². The first kappa shape index (κ1) is 12.8. The number of phenols is 3. The second kappa shape index (κ2) is 4.89. The lowest BCUT2D eigenvalue weighted by Crippen LogP contribution is -2.00. The average Bonchev–Trinajstić information content (AvgIpc) is 2.35. The van der Waals surface area contributed by atoms with E-state index in [-0.39, 0.29) is 29.0 Å². The maximum atomic E-state index is 10.9. The van der Waals surface area contributed by atoms with E-state index in [1.54, 1.807) is 18.2 Å². The molecule has 98 valence electrons. The van der Waals surface area contributed by atoms with Crippen LogP contribution in [0.2, 0.25) is 0 Å². The zero-order valence-corrected chi connectivity index (χ0v) is 9.87. The summed E-state index contributed by atoms with van der Waals surface area (Å²) in [5.41, 5.74) is 0.393. The van der Waals surface area contributed by atoms with Gasteiger partial charge in [0.05, 0.1) is 0 Å². The number of hydrogen-bond donors (Lipinski definition) is 4. The van der Waals surface area contributed by atoms with Crippen molar-refractivity contribution in [1.82, 2.24) is 0 Å². The first-order valence-corrected chi connectivity index (χ1v) is 5.54. The summed E-state index contributed by atoms with van der Waals surface area (Å²) in [7, 11) is 0. The summed E-state index contributed by atoms with van der Waals surface area (Å²) in [6, 6.07) is 8.77. The van der Waals surface area contributed by atoms with Crippen LogP contribution in [0.15, 0.2) is 36.4 Å². The second-order valence-electron chi connectivity index (χ2n) is 4.11. The number of aromatic carboxylic acids is 1. The van der Waals surface area contributed by atoms with Gasteiger partial charge in [-0.25, -0.2) is 4.79 Å². The molecule has 0 saturated heterocycles. The minimum absolute atomic E-state index is 0.0436. The number of benzene rings is 2. The number of para-hydroxylation sites is 1. The largest absolute Gasteiger partial charge is 0.508 e. The monoisotopic (exact) mass is 260 g/mol. The third kappa shape index (κ3) is 2.60. The van der Waals surface area contributed by atoms with E-state index in [9.17, 15) is 20.1 Å². The van der Waals surface area contributed by atoms with E-state index in [1.165, 1.54) is 12.1 Å². The minimum atomic E-state index is -1.33. The minimum Gasteiger partial charge on any atom is -0.508 e. The van der Waals surface area contributed by atoms with Crippen LogP contribution in [0.1, 0.15) is 21.5 Å². The fourth-order valence-corrected chi connectivity index (χ4v) is 1.84. The Morgan fingerprint density at radius 2 is 1.68 bits per heavy atom. The van der Waals surface area contributed by atoms with Crippen LogP contribution >= 0.6 is 0 Å². The predicted octanol–water partition coefficient (Wildman–Crippen LogP) is 2.09. The Bertz CT molecular complexity index is 634. The van der Waals surface area contributed by atoms with Crippen molar-refractivity contribution in [2.45, 2.75) is 6.42 Å². The molecule has 4 N–H and O–H groups in total. The Kier molecular flexibility index (Phi) is 3.29. The average molecular weight is 260 g/mol. The van der Waals surface area contributed by atoms with Gasteiger partial charge >= 0.3 is 5.97 Å². The molecule has 0 aliphatic rings. The molecule has 19 heavy (non-hydrogen) atoms. The molecule has 0 aliphatic heterocycles. The molecule has 0 heterocycles. The van der Waals surface area contributed by atoms with E-state index in [0.717, 1.165) is 6.07 Å². The summed E-state index contributed by atoms with van der Waals surface area (Å²) in [6.07, 6.45) is 0.118. The molecule has 0 bridgehead atoms. The standard InChI is InChI=1S/C14H12O5/c15-10-6-9(13(17)11(7-10)14(18)19)5-8-3-1-2-4-12(8)16/h1-4,6-7,15-17H,5H2,(H,18,19). The predicted molar refractivity (Wildman–Crippen MR) is 67.6 cm³/mol. The van der Waals surface area contributed by atoms with Crippen LogP contribution in [0.5, 0.6) is 17.2 Å². The van der Waals surface area contributed by atoms with Crippen molar-refractivity contribution < 1.29 is 25.2 Å². The van der Waals surface area contributed by atoms with Crippen molar-refractivity contribution in [3.05, 3.63) is 53.1 Å². The number of carboxylic acids is 1. The topological polar surface area (TPSA) is 98.0 Å². The maximum Gasteiger partial charge on any atom is 0.339 e. The molecule has 0 saturated carbocycles. The van der Waals surface area contributed by atoms with Gasteiger partial charge in [-0.3, -0.25) is 0 Å². The Morgan fingerprint density at radius 3 is 2.32 bits per heavy atom. The molecule has 5 heteroatoms. The number of carbonyl (C=O) groups is 1. The highest BCUT2D eigenvalue weighted by Gasteiger charge is 2.16. The summed E-state index contributed by atoms with van der Waals surface area (Å²) in [4.78, 5) is 10.9. The van der Waals surface area contributed by atoms with Gasteiger partial charge in [-0.1, -0.05) is 18.2 Å². The third-order valence-corrected chi connectivity index (χ3v) is 2.78. The summed E-state index contributed by atoms with van der Waals surface area (Å²) in [5.74, 6) is -1.94. The Morgan fingerprint density at radius 1 is 1.00 bits per heavy atom. The van der Waals surface area contributed by atoms with Crippen molar-refractivity contribution in [2.24, 2.45) is 0 Å². The van der Waals surface area contributed by atoms with Gasteiger partial charge in [0.2, 0.25) is 0 Å². The summed E-state index contributed by atoms with van der Waals surface area (Å²) >= 11 is 0. The van der Waals surface area contributed by atoms with E-state index < -0.39 is 11.7 Å². The number of hydrogen-bond acceptors (Lipinski definition) is 4. The number of carboxylic acid groups (broad SMARTS) is 1. The molecular weight excluding hydrogens is 248 g/mol. The van der Waals surface area contributed by atoms with Gasteiger partial charge in [0, 0.05) is 12.0 Å². The lowest BCUT2D eigenvalue weighted by atomic mass is 10.00. The number of aromatic hydroxyl groups is 3. The van der Waals surface area contributed by atoms with Gasteiger partial charge in [0.15, 0.2) is 0 Å². The summed E-state index contributed by atoms with van der Waals surface area (Å²) in [5, 5.41) is 37.9. The lowest BCUT2D eigenvalue weighted by molar-refractivity contribution is 0.0693. The van der Waals surface area contributed by atoms with E-state index in [0.29, 0.717) is 5.56 Å². The lowest BCUT2D eigenvalue weighted by Gasteiger charge is -2.09. The Hall–Kier alpha value is -2.69. The molecule has 0 radical (unpaired) electrons. The van der Waals surface area contributed by atoms with Gasteiger partial charge in [-0.2, -0.15) is 0 Å². The van der Waals surface area contributed by atoms with Gasteiger partial charge in [0.1, 0.15) is 22.8 Å². The molecule has 0 aromatic heterocycles. The second-order valence-corrected chi connectivity index (χ2v) is 4.11. The molecular formula is C14H12O5. The first-order valence-electron chi connectivity index (χ1n) is 5.54. The first-order chi connectivity index (χ1) is 8.99. The van der Waals surface area contributed by atoms with Crippen molar-refractivity contribution in [2.75, 3.05) is 0 Å². The molecule has 5 nitrogen and oxygen atoms in total. The Balaban J connectivity index is 2.46. The fraction of sp³-hybridized carbons (Fsp3) is 0.0714. The van der Waals surface area contributed by atoms with Crippen molar-refractivity contribution >= 4 is 5.97 Å². The van der Waals surface area contributed by atoms with Gasteiger partial charge < -0.3 is 20.4 Å². The van der Waals surface area contributed by atoms with Crippen LogP contribution in [0.3, 0.4) is 0 Å². The molecule has 0 atom stereocenters. The zero-order chi connectivity index (χ0) is 14.0. The zero-order valence-electron chi connectivity index (χ0n) is 9.87. The van der Waals surface area contributed by atoms with Crippen LogP contribution in [0.25, 0.3) is 0 Å². The molecule has 0 aliphatic carbocycles. The van der Waals surface area contributed by atoms with Gasteiger partial charge in [0.25, 0.3) is 0 Å². The SMILES string of the molecule is O=C(O)c1cc(O)cc(Cc2ccccc2O)c1O. The van der Waals surface area contributed by atoms with E-state index in [1.807, 2.05) is 0 Å². The fourth-order valence-electron chi connectivity index (χ4n) is 1.84. The number of phenolic OH excluding ortho intramolecular Hbond substituents is 2.